The Kier molecular flexibility index (Phi) is 8.43. The molecule has 36 heavy (non-hydrogen) atoms. The van der Waals surface area contributed by atoms with E-state index in [9.17, 15) is 25.2 Å². The molecule has 0 aliphatic heterocycles. The first kappa shape index (κ1) is 27.2. The lowest BCUT2D eigenvalue weighted by atomic mass is 9.90. The van der Waals surface area contributed by atoms with Crippen LogP contribution in [0.1, 0.15) is 67.9 Å². The fourth-order valence-electron chi connectivity index (χ4n) is 4.31. The number of phenols is 3. The highest BCUT2D eigenvalue weighted by atomic mass is 16.3. The fourth-order valence-corrected chi connectivity index (χ4v) is 4.31. The fraction of sp³-hybridized carbons (Fsp3) is 0.367. The van der Waals surface area contributed by atoms with E-state index in [4.69, 9.17) is 5.11 Å². The third-order valence-corrected chi connectivity index (χ3v) is 6.93. The SMILES string of the molecule is CC(=O)c1ccccc1O.CC(O)(c1ccccc1O)C1CC1.CC(O)(c1ccccc1O)C1CC1. The van der Waals surface area contributed by atoms with E-state index < -0.39 is 11.2 Å². The molecule has 3 aromatic carbocycles. The Morgan fingerprint density at radius 1 is 0.639 bits per heavy atom. The first-order valence-corrected chi connectivity index (χ1v) is 12.3. The van der Waals surface area contributed by atoms with Gasteiger partial charge in [-0.3, -0.25) is 4.79 Å². The molecule has 5 N–H and O–H groups in total. The highest BCUT2D eigenvalue weighted by Crippen LogP contribution is 2.48. The summed E-state index contributed by atoms with van der Waals surface area (Å²) in [6.07, 6.45) is 4.23. The number of hydrogen-bond acceptors (Lipinski definition) is 6. The maximum Gasteiger partial charge on any atom is 0.163 e. The Morgan fingerprint density at radius 2 is 0.972 bits per heavy atom. The highest BCUT2D eigenvalue weighted by Gasteiger charge is 2.43. The van der Waals surface area contributed by atoms with Gasteiger partial charge in [-0.25, -0.2) is 0 Å². The second-order valence-electron chi connectivity index (χ2n) is 9.95. The molecule has 0 radical (unpaired) electrons. The van der Waals surface area contributed by atoms with Crippen LogP contribution in [0.4, 0.5) is 0 Å². The van der Waals surface area contributed by atoms with Crippen molar-refractivity contribution in [1.29, 1.82) is 0 Å². The van der Waals surface area contributed by atoms with E-state index in [0.29, 0.717) is 28.5 Å². The van der Waals surface area contributed by atoms with Crippen LogP contribution < -0.4 is 0 Å². The zero-order chi connectivity index (χ0) is 26.5. The molecule has 0 bridgehead atoms. The molecule has 2 saturated carbocycles. The Labute approximate surface area is 212 Å². The summed E-state index contributed by atoms with van der Waals surface area (Å²) in [6, 6.07) is 20.5. The Hall–Kier alpha value is -3.35. The molecule has 2 atom stereocenters. The van der Waals surface area contributed by atoms with E-state index in [-0.39, 0.29) is 23.0 Å². The van der Waals surface area contributed by atoms with Gasteiger partial charge >= 0.3 is 0 Å². The van der Waals surface area contributed by atoms with E-state index in [1.165, 1.54) is 13.0 Å². The molecule has 0 saturated heterocycles. The van der Waals surface area contributed by atoms with Crippen LogP contribution in [0.2, 0.25) is 0 Å². The normalized spacial score (nSPS) is 17.8. The van der Waals surface area contributed by atoms with Crippen LogP contribution in [-0.4, -0.2) is 31.3 Å². The number of aliphatic hydroxyl groups is 2. The van der Waals surface area contributed by atoms with Gasteiger partial charge in [0.1, 0.15) is 17.2 Å². The second-order valence-corrected chi connectivity index (χ2v) is 9.95. The van der Waals surface area contributed by atoms with E-state index in [1.807, 2.05) is 12.1 Å². The standard InChI is InChI=1S/2C11H14O2.C8H8O2/c2*1-11(13,8-6-7-8)9-4-2-3-5-10(9)12;1-6(9)7-4-2-3-5-8(7)10/h2*2-5,8,12-13H,6-7H2,1H3;2-5,10H,1H3. The predicted molar refractivity (Wildman–Crippen MR) is 139 cm³/mol. The zero-order valence-electron chi connectivity index (χ0n) is 21.1. The van der Waals surface area contributed by atoms with Gasteiger partial charge in [-0.1, -0.05) is 48.5 Å². The van der Waals surface area contributed by atoms with E-state index >= 15 is 0 Å². The van der Waals surface area contributed by atoms with Crippen LogP contribution in [0.25, 0.3) is 0 Å². The number of para-hydroxylation sites is 3. The first-order valence-electron chi connectivity index (χ1n) is 12.3. The number of Topliss-reactive ketones (excluding diaryl/α,β-unsaturated/α-hetero) is 1. The van der Waals surface area contributed by atoms with Crippen LogP contribution >= 0.6 is 0 Å². The van der Waals surface area contributed by atoms with Crippen LogP contribution in [0.15, 0.2) is 72.8 Å². The molecule has 2 unspecified atom stereocenters. The maximum absolute atomic E-state index is 10.7. The summed E-state index contributed by atoms with van der Waals surface area (Å²) in [7, 11) is 0. The molecule has 6 heteroatoms. The lowest BCUT2D eigenvalue weighted by Crippen LogP contribution is -2.23. The Bertz CT molecular complexity index is 1110. The number of rotatable bonds is 5. The van der Waals surface area contributed by atoms with Gasteiger partial charge in [0.05, 0.1) is 16.8 Å². The quantitative estimate of drug-likeness (QED) is 0.295. The van der Waals surface area contributed by atoms with Crippen LogP contribution in [-0.2, 0) is 11.2 Å². The molecule has 192 valence electrons. The van der Waals surface area contributed by atoms with Crippen LogP contribution in [0.5, 0.6) is 17.2 Å². The number of ketones is 1. The molecule has 0 aromatic heterocycles. The number of carbonyl (C=O) groups excluding carboxylic acids is 1. The number of hydrogen-bond donors (Lipinski definition) is 5. The second kappa shape index (κ2) is 11.1. The number of phenolic OH excluding ortho intramolecular Hbond substituents is 3. The summed E-state index contributed by atoms with van der Waals surface area (Å²) < 4.78 is 0. The smallest absolute Gasteiger partial charge is 0.163 e. The molecular formula is C30H36O6. The Balaban J connectivity index is 0.000000152. The molecule has 2 fully saturated rings. The van der Waals surface area contributed by atoms with Crippen molar-refractivity contribution in [3.05, 3.63) is 89.5 Å². The lowest BCUT2D eigenvalue weighted by Gasteiger charge is -2.24. The minimum atomic E-state index is -0.856. The third kappa shape index (κ3) is 6.65. The van der Waals surface area contributed by atoms with Gasteiger partial charge in [0.2, 0.25) is 0 Å². The molecule has 5 rings (SSSR count). The lowest BCUT2D eigenvalue weighted by molar-refractivity contribution is 0.0303. The van der Waals surface area contributed by atoms with E-state index in [2.05, 4.69) is 0 Å². The van der Waals surface area contributed by atoms with Crippen molar-refractivity contribution in [3.8, 4) is 17.2 Å². The maximum atomic E-state index is 10.7. The molecule has 0 heterocycles. The van der Waals surface area contributed by atoms with Crippen molar-refractivity contribution in [1.82, 2.24) is 0 Å². The molecule has 2 aliphatic carbocycles. The van der Waals surface area contributed by atoms with Crippen molar-refractivity contribution in [3.63, 3.8) is 0 Å². The van der Waals surface area contributed by atoms with E-state index in [0.717, 1.165) is 25.7 Å². The molecule has 6 nitrogen and oxygen atoms in total. The van der Waals surface area contributed by atoms with Crippen molar-refractivity contribution in [2.24, 2.45) is 11.8 Å². The number of carbonyl (C=O) groups is 1. The summed E-state index contributed by atoms with van der Waals surface area (Å²) in [5.74, 6) is 0.966. The first-order chi connectivity index (χ1) is 17.0. The average Bonchev–Trinajstić information content (AvgIpc) is 3.72. The van der Waals surface area contributed by atoms with Crippen molar-refractivity contribution < 1.29 is 30.3 Å². The molecule has 0 amide bonds. The topological polar surface area (TPSA) is 118 Å². The van der Waals surface area contributed by atoms with E-state index in [1.54, 1.807) is 68.4 Å². The van der Waals surface area contributed by atoms with Gasteiger partial charge in [-0.2, -0.15) is 0 Å². The third-order valence-electron chi connectivity index (χ3n) is 6.93. The van der Waals surface area contributed by atoms with Gasteiger partial charge < -0.3 is 25.5 Å². The van der Waals surface area contributed by atoms with Crippen molar-refractivity contribution in [2.45, 2.75) is 57.7 Å². The number of benzene rings is 3. The summed E-state index contributed by atoms with van der Waals surface area (Å²) >= 11 is 0. The summed E-state index contributed by atoms with van der Waals surface area (Å²) in [5.41, 5.74) is -0.0334. The minimum absolute atomic E-state index is 0.0509. The van der Waals surface area contributed by atoms with Gasteiger partial charge in [-0.15, -0.1) is 0 Å². The monoisotopic (exact) mass is 492 g/mol. The van der Waals surface area contributed by atoms with Gasteiger partial charge in [0.25, 0.3) is 0 Å². The van der Waals surface area contributed by atoms with Crippen molar-refractivity contribution >= 4 is 5.78 Å². The highest BCUT2D eigenvalue weighted by molar-refractivity contribution is 5.96. The van der Waals surface area contributed by atoms with Crippen LogP contribution in [0, 0.1) is 11.8 Å². The van der Waals surface area contributed by atoms with Crippen molar-refractivity contribution in [2.75, 3.05) is 0 Å². The molecule has 2 aliphatic rings. The molecular weight excluding hydrogens is 456 g/mol. The molecule has 0 spiro atoms. The summed E-state index contributed by atoms with van der Waals surface area (Å²) in [6.45, 7) is 4.98. The number of aromatic hydroxyl groups is 3. The van der Waals surface area contributed by atoms with Gasteiger partial charge in [0.15, 0.2) is 5.78 Å². The summed E-state index contributed by atoms with van der Waals surface area (Å²) in [5, 5.41) is 48.5. The van der Waals surface area contributed by atoms with Gasteiger partial charge in [-0.05, 0) is 82.6 Å². The average molecular weight is 493 g/mol. The van der Waals surface area contributed by atoms with Gasteiger partial charge in [0, 0.05) is 11.1 Å². The predicted octanol–water partition coefficient (Wildman–Crippen LogP) is 5.61. The summed E-state index contributed by atoms with van der Waals surface area (Å²) in [4.78, 5) is 10.7. The molecule has 3 aromatic rings. The largest absolute Gasteiger partial charge is 0.508 e. The minimum Gasteiger partial charge on any atom is -0.508 e. The zero-order valence-corrected chi connectivity index (χ0v) is 21.1. The Morgan fingerprint density at radius 3 is 1.25 bits per heavy atom. The van der Waals surface area contributed by atoms with Crippen LogP contribution in [0.3, 0.4) is 0 Å².